The van der Waals surface area contributed by atoms with Crippen molar-refractivity contribution < 1.29 is 32.2 Å². The number of nitrogens with zero attached hydrogens (tertiary/aromatic N) is 1. The summed E-state index contributed by atoms with van der Waals surface area (Å²) in [4.78, 5) is 12.5. The van der Waals surface area contributed by atoms with Crippen LogP contribution in [0.25, 0.3) is 0 Å². The molecule has 0 aromatic heterocycles. The van der Waals surface area contributed by atoms with Crippen LogP contribution < -0.4 is 28.6 Å². The molecule has 2 rings (SSSR count). The number of methoxy groups -OCH3 is 4. The number of benzene rings is 2. The Morgan fingerprint density at radius 1 is 0.967 bits per heavy atom. The summed E-state index contributed by atoms with van der Waals surface area (Å²) in [5.74, 6) is 1.31. The fourth-order valence-electron chi connectivity index (χ4n) is 2.85. The highest BCUT2D eigenvalue weighted by Gasteiger charge is 2.22. The molecule has 10 heteroatoms. The molecule has 0 aliphatic carbocycles. The van der Waals surface area contributed by atoms with Gasteiger partial charge >= 0.3 is 0 Å². The van der Waals surface area contributed by atoms with Gasteiger partial charge in [-0.15, -0.1) is 0 Å². The Morgan fingerprint density at radius 3 is 2.23 bits per heavy atom. The lowest BCUT2D eigenvalue weighted by molar-refractivity contribution is -0.119. The summed E-state index contributed by atoms with van der Waals surface area (Å²) < 4.78 is 46.6. The fraction of sp³-hybridized carbons (Fsp3) is 0.350. The highest BCUT2D eigenvalue weighted by Crippen LogP contribution is 2.39. The monoisotopic (exact) mass is 438 g/mol. The van der Waals surface area contributed by atoms with Gasteiger partial charge in [-0.05, 0) is 24.3 Å². The molecule has 0 unspecified atom stereocenters. The van der Waals surface area contributed by atoms with E-state index in [2.05, 4.69) is 5.32 Å². The van der Waals surface area contributed by atoms with Crippen LogP contribution in [0, 0.1) is 0 Å². The predicted molar refractivity (Wildman–Crippen MR) is 113 cm³/mol. The number of rotatable bonds is 10. The van der Waals surface area contributed by atoms with E-state index >= 15 is 0 Å². The first-order valence-electron chi connectivity index (χ1n) is 8.91. The average Bonchev–Trinajstić information content (AvgIpc) is 2.74. The Bertz CT molecular complexity index is 993. The summed E-state index contributed by atoms with van der Waals surface area (Å²) in [5.41, 5.74) is 0.978. The van der Waals surface area contributed by atoms with Gasteiger partial charge in [0.1, 0.15) is 12.3 Å². The van der Waals surface area contributed by atoms with E-state index in [4.69, 9.17) is 18.9 Å². The van der Waals surface area contributed by atoms with Crippen molar-refractivity contribution in [1.82, 2.24) is 5.32 Å². The molecule has 2 aromatic rings. The molecule has 30 heavy (non-hydrogen) atoms. The Morgan fingerprint density at radius 2 is 1.67 bits per heavy atom. The second-order valence-electron chi connectivity index (χ2n) is 6.24. The van der Waals surface area contributed by atoms with Crippen molar-refractivity contribution in [2.45, 2.75) is 6.54 Å². The van der Waals surface area contributed by atoms with Crippen molar-refractivity contribution in [3.63, 3.8) is 0 Å². The van der Waals surface area contributed by atoms with Crippen LogP contribution in [0.3, 0.4) is 0 Å². The molecule has 0 saturated heterocycles. The number of ether oxygens (including phenoxy) is 4. The third-order valence-corrected chi connectivity index (χ3v) is 5.43. The molecular weight excluding hydrogens is 412 g/mol. The Hall–Kier alpha value is -3.14. The van der Waals surface area contributed by atoms with Gasteiger partial charge in [-0.2, -0.15) is 0 Å². The highest BCUT2D eigenvalue weighted by atomic mass is 32.2. The van der Waals surface area contributed by atoms with E-state index in [9.17, 15) is 13.2 Å². The van der Waals surface area contributed by atoms with Gasteiger partial charge in [-0.3, -0.25) is 9.10 Å². The normalized spacial score (nSPS) is 10.8. The van der Waals surface area contributed by atoms with E-state index in [1.54, 1.807) is 36.4 Å². The van der Waals surface area contributed by atoms with Gasteiger partial charge in [0.15, 0.2) is 11.5 Å². The Balaban J connectivity index is 2.19. The number of hydrogen-bond donors (Lipinski definition) is 1. The van der Waals surface area contributed by atoms with Crippen molar-refractivity contribution in [3.8, 4) is 23.0 Å². The second-order valence-corrected chi connectivity index (χ2v) is 8.15. The van der Waals surface area contributed by atoms with E-state index in [0.29, 0.717) is 34.2 Å². The van der Waals surface area contributed by atoms with Crippen LogP contribution in [0.2, 0.25) is 0 Å². The number of amides is 1. The zero-order valence-electron chi connectivity index (χ0n) is 17.6. The molecule has 0 aliphatic rings. The molecule has 0 heterocycles. The van der Waals surface area contributed by atoms with E-state index in [-0.39, 0.29) is 13.1 Å². The summed E-state index contributed by atoms with van der Waals surface area (Å²) in [5, 5.41) is 2.71. The number of hydrogen-bond acceptors (Lipinski definition) is 7. The molecule has 1 N–H and O–H groups in total. The van der Waals surface area contributed by atoms with Crippen LogP contribution in [0.5, 0.6) is 23.0 Å². The van der Waals surface area contributed by atoms with Crippen molar-refractivity contribution >= 4 is 21.6 Å². The molecule has 0 saturated carbocycles. The summed E-state index contributed by atoms with van der Waals surface area (Å²) >= 11 is 0. The third-order valence-electron chi connectivity index (χ3n) is 4.29. The molecule has 0 atom stereocenters. The van der Waals surface area contributed by atoms with Crippen LogP contribution in [-0.2, 0) is 21.4 Å². The number of nitrogens with one attached hydrogen (secondary N) is 1. The first-order chi connectivity index (χ1) is 14.2. The largest absolute Gasteiger partial charge is 0.497 e. The standard InChI is InChI=1S/C20H26N2O7S/c1-26-16-8-6-7-15(11-16)22(30(5,24)25)13-18(23)21-12-14-9-10-17(27-2)20(29-4)19(14)28-3/h6-11H,12-13H2,1-5H3,(H,21,23). The number of carbonyl (C=O) groups excluding carboxylic acids is 1. The van der Waals surface area contributed by atoms with Gasteiger partial charge in [0.05, 0.1) is 40.4 Å². The Kier molecular flexibility index (Phi) is 7.76. The SMILES string of the molecule is COc1cccc(N(CC(=O)NCc2ccc(OC)c(OC)c2OC)S(C)(=O)=O)c1. The lowest BCUT2D eigenvalue weighted by atomic mass is 10.1. The van der Waals surface area contributed by atoms with Crippen molar-refractivity contribution in [1.29, 1.82) is 0 Å². The van der Waals surface area contributed by atoms with E-state index < -0.39 is 15.9 Å². The maximum Gasteiger partial charge on any atom is 0.241 e. The maximum absolute atomic E-state index is 12.5. The molecule has 0 bridgehead atoms. The summed E-state index contributed by atoms with van der Waals surface area (Å²) in [6, 6.07) is 9.91. The topological polar surface area (TPSA) is 103 Å². The van der Waals surface area contributed by atoms with Gasteiger partial charge in [0.25, 0.3) is 0 Å². The average molecular weight is 439 g/mol. The summed E-state index contributed by atoms with van der Waals surface area (Å²) in [6.45, 7) is -0.278. The molecule has 0 spiro atoms. The zero-order valence-corrected chi connectivity index (χ0v) is 18.4. The number of sulfonamides is 1. The molecule has 164 valence electrons. The maximum atomic E-state index is 12.5. The summed E-state index contributed by atoms with van der Waals surface area (Å²) in [6.07, 6.45) is 1.04. The minimum atomic E-state index is -3.70. The molecule has 0 radical (unpaired) electrons. The van der Waals surface area contributed by atoms with Crippen LogP contribution in [-0.4, -0.2) is 55.6 Å². The molecule has 0 aliphatic heterocycles. The number of anilines is 1. The third kappa shape index (κ3) is 5.47. The van der Waals surface area contributed by atoms with E-state index in [0.717, 1.165) is 10.6 Å². The second kappa shape index (κ2) is 10.1. The van der Waals surface area contributed by atoms with E-state index in [1.165, 1.54) is 28.4 Å². The van der Waals surface area contributed by atoms with Gasteiger partial charge in [-0.1, -0.05) is 6.07 Å². The van der Waals surface area contributed by atoms with Gasteiger partial charge in [0, 0.05) is 18.2 Å². The first kappa shape index (κ1) is 23.1. The smallest absolute Gasteiger partial charge is 0.241 e. The Labute approximate surface area is 176 Å². The molecule has 1 amide bonds. The fourth-order valence-corrected chi connectivity index (χ4v) is 3.70. The van der Waals surface area contributed by atoms with Crippen LogP contribution in [0.4, 0.5) is 5.69 Å². The summed E-state index contributed by atoms with van der Waals surface area (Å²) in [7, 11) is 2.26. The molecule has 9 nitrogen and oxygen atoms in total. The lowest BCUT2D eigenvalue weighted by Crippen LogP contribution is -2.40. The van der Waals surface area contributed by atoms with Gasteiger partial charge < -0.3 is 24.3 Å². The number of carbonyl (C=O) groups is 1. The van der Waals surface area contributed by atoms with Crippen LogP contribution in [0.1, 0.15) is 5.56 Å². The highest BCUT2D eigenvalue weighted by molar-refractivity contribution is 7.92. The van der Waals surface area contributed by atoms with Gasteiger partial charge in [-0.25, -0.2) is 8.42 Å². The molecule has 2 aromatic carbocycles. The quantitative estimate of drug-likeness (QED) is 0.603. The minimum Gasteiger partial charge on any atom is -0.497 e. The molecule has 0 fully saturated rings. The van der Waals surface area contributed by atoms with Crippen LogP contribution in [0.15, 0.2) is 36.4 Å². The minimum absolute atomic E-state index is 0.109. The van der Waals surface area contributed by atoms with E-state index in [1.807, 2.05) is 0 Å². The van der Waals surface area contributed by atoms with Crippen molar-refractivity contribution in [3.05, 3.63) is 42.0 Å². The van der Waals surface area contributed by atoms with Crippen LogP contribution >= 0.6 is 0 Å². The predicted octanol–water partition coefficient (Wildman–Crippen LogP) is 1.80. The van der Waals surface area contributed by atoms with Crippen molar-refractivity contribution in [2.75, 3.05) is 45.5 Å². The molecular formula is C20H26N2O7S. The lowest BCUT2D eigenvalue weighted by Gasteiger charge is -2.22. The first-order valence-corrected chi connectivity index (χ1v) is 10.8. The van der Waals surface area contributed by atoms with Crippen molar-refractivity contribution in [2.24, 2.45) is 0 Å². The van der Waals surface area contributed by atoms with Gasteiger partial charge in [0.2, 0.25) is 21.7 Å². The zero-order chi connectivity index (χ0) is 22.3.